The number of phenols is 1. The van der Waals surface area contributed by atoms with Gasteiger partial charge >= 0.3 is 13.2 Å². The number of allylic oxidation sites excluding steroid dienone is 2. The molecule has 5 rings (SSSR count). The summed E-state index contributed by atoms with van der Waals surface area (Å²) >= 11 is 0. The zero-order valence-corrected chi connectivity index (χ0v) is 22.7. The second-order valence-corrected chi connectivity index (χ2v) is 10.5. The Balaban J connectivity index is 1.49. The van der Waals surface area contributed by atoms with Crippen LogP contribution in [0.25, 0.3) is 11.6 Å². The summed E-state index contributed by atoms with van der Waals surface area (Å²) in [4.78, 5) is 44.0. The molecule has 9 nitrogen and oxygen atoms in total. The van der Waals surface area contributed by atoms with E-state index in [0.29, 0.717) is 29.7 Å². The van der Waals surface area contributed by atoms with Crippen molar-refractivity contribution in [2.75, 3.05) is 7.11 Å². The maximum absolute atomic E-state index is 13.4. The molecule has 40 heavy (non-hydrogen) atoms. The van der Waals surface area contributed by atoms with Crippen molar-refractivity contribution in [2.24, 2.45) is 17.8 Å². The lowest BCUT2D eigenvalue weighted by Crippen LogP contribution is -2.46. The number of hydrogen-bond donors (Lipinski definition) is 2. The van der Waals surface area contributed by atoms with Crippen LogP contribution in [-0.4, -0.2) is 58.3 Å². The van der Waals surface area contributed by atoms with Gasteiger partial charge in [0.1, 0.15) is 5.75 Å². The average Bonchev–Trinajstić information content (AvgIpc) is 3.21. The van der Waals surface area contributed by atoms with E-state index in [1.807, 2.05) is 36.4 Å². The van der Waals surface area contributed by atoms with Gasteiger partial charge in [0, 0.05) is 11.8 Å². The van der Waals surface area contributed by atoms with Crippen LogP contribution in [0, 0.1) is 17.8 Å². The monoisotopic (exact) mass is 544 g/mol. The van der Waals surface area contributed by atoms with Crippen LogP contribution in [0.1, 0.15) is 50.3 Å². The maximum atomic E-state index is 13.4. The van der Waals surface area contributed by atoms with Gasteiger partial charge in [0.25, 0.3) is 0 Å². The van der Waals surface area contributed by atoms with Crippen LogP contribution in [0.5, 0.6) is 5.75 Å². The number of rotatable bonds is 7. The van der Waals surface area contributed by atoms with E-state index in [2.05, 4.69) is 11.9 Å². The molecule has 2 fully saturated rings. The minimum Gasteiger partial charge on any atom is -0.507 e. The number of fused-ring (bicyclic) bond motifs is 3. The Morgan fingerprint density at radius 3 is 2.65 bits per heavy atom. The zero-order chi connectivity index (χ0) is 28.4. The minimum atomic E-state index is -1.11. The van der Waals surface area contributed by atoms with E-state index in [1.165, 1.54) is 0 Å². The third-order valence-corrected chi connectivity index (χ3v) is 8.15. The normalized spacial score (nSPS) is 24.7. The van der Waals surface area contributed by atoms with Gasteiger partial charge in [-0.2, -0.15) is 4.90 Å². The number of para-hydroxylation sites is 1. The molecule has 3 aliphatic rings. The first-order chi connectivity index (χ1) is 19.3. The Bertz CT molecular complexity index is 1360. The van der Waals surface area contributed by atoms with Crippen LogP contribution in [-0.2, 0) is 19.0 Å². The molecule has 2 saturated heterocycles. The molecule has 3 amide bonds. The van der Waals surface area contributed by atoms with Crippen LogP contribution < -0.4 is 0 Å². The third kappa shape index (κ3) is 5.21. The molecule has 2 aliphatic heterocycles. The number of methoxy groups -OCH3 is 1. The number of likely N-dealkylation sites (tertiary alicyclic amines) is 1. The first-order valence-corrected chi connectivity index (χ1v) is 13.7. The van der Waals surface area contributed by atoms with Gasteiger partial charge < -0.3 is 19.5 Å². The van der Waals surface area contributed by atoms with Crippen LogP contribution in [0.15, 0.2) is 59.8 Å². The number of benzene rings is 1. The number of carbonyl (C=O) groups excluding carboxylic acids is 3. The fraction of sp³-hybridized carbons (Fsp3) is 0.400. The predicted octanol–water partition coefficient (Wildman–Crippen LogP) is 4.47. The molecule has 1 aromatic carbocycles. The number of pyridine rings is 1. The van der Waals surface area contributed by atoms with Crippen LogP contribution in [0.4, 0.5) is 4.79 Å². The van der Waals surface area contributed by atoms with E-state index >= 15 is 0 Å². The molecule has 208 valence electrons. The molecule has 0 spiro atoms. The summed E-state index contributed by atoms with van der Waals surface area (Å²) in [6.07, 6.45) is 5.29. The Morgan fingerprint density at radius 2 is 1.95 bits per heavy atom. The Labute approximate surface area is 233 Å². The Hall–Kier alpha value is -3.76. The smallest absolute Gasteiger partial charge is 0.455 e. The van der Waals surface area contributed by atoms with Gasteiger partial charge in [-0.1, -0.05) is 43.2 Å². The molecule has 1 aromatic heterocycles. The summed E-state index contributed by atoms with van der Waals surface area (Å²) in [6, 6.07) is 12.7. The van der Waals surface area contributed by atoms with Crippen molar-refractivity contribution in [1.82, 2.24) is 9.88 Å². The van der Waals surface area contributed by atoms with E-state index in [9.17, 15) is 24.5 Å². The first kappa shape index (κ1) is 27.8. The molecule has 10 heteroatoms. The summed E-state index contributed by atoms with van der Waals surface area (Å²) in [5.74, 6) is -2.75. The van der Waals surface area contributed by atoms with Crippen molar-refractivity contribution in [3.05, 3.63) is 71.1 Å². The van der Waals surface area contributed by atoms with Crippen molar-refractivity contribution in [3.8, 4) is 5.75 Å². The van der Waals surface area contributed by atoms with Crippen molar-refractivity contribution in [1.29, 1.82) is 0 Å². The van der Waals surface area contributed by atoms with Crippen molar-refractivity contribution < 1.29 is 33.9 Å². The molecule has 0 unspecified atom stereocenters. The Kier molecular flexibility index (Phi) is 8.18. The molecular formula is C30H33BN2O7. The Morgan fingerprint density at radius 1 is 1.18 bits per heavy atom. The topological polar surface area (TPSA) is 126 Å². The summed E-state index contributed by atoms with van der Waals surface area (Å²) in [5.41, 5.74) is 4.33. The third-order valence-electron chi connectivity index (χ3n) is 8.15. The lowest BCUT2D eigenvalue weighted by Gasteiger charge is -2.43. The number of nitrogens with zero attached hydrogens (tertiary/aromatic N) is 2. The standard InChI is InChI=1S/C30H33BN2O7/c1-3-8-20-16-21-27(29(36)33(28(21)35)30(37)39-2)22-17-31(38)40-25(26(20)22)13-12-18(23-10-6-7-14-32-23)15-19-9-4-5-11-24(19)34/h4-7,9-11,14-15,21-22,25,27,34,38H,3,8,12-13,16-17H2,1-2H3/b18-15-/t21-,22+,25-,27-/m1/s1. The molecule has 0 saturated carbocycles. The van der Waals surface area contributed by atoms with Gasteiger partial charge in [-0.3, -0.25) is 14.6 Å². The number of aromatic nitrogens is 1. The summed E-state index contributed by atoms with van der Waals surface area (Å²) in [5, 5.41) is 21.2. The van der Waals surface area contributed by atoms with Gasteiger partial charge in [-0.25, -0.2) is 4.79 Å². The number of hydrogen-bond acceptors (Lipinski definition) is 8. The summed E-state index contributed by atoms with van der Waals surface area (Å²) in [6.45, 7) is 2.05. The highest BCUT2D eigenvalue weighted by Gasteiger charge is 2.59. The molecule has 0 radical (unpaired) electrons. The van der Waals surface area contributed by atoms with E-state index < -0.39 is 48.9 Å². The van der Waals surface area contributed by atoms with E-state index in [0.717, 1.165) is 42.4 Å². The lowest BCUT2D eigenvalue weighted by atomic mass is 9.58. The zero-order valence-electron chi connectivity index (χ0n) is 22.7. The van der Waals surface area contributed by atoms with Gasteiger partial charge in [-0.15, -0.1) is 0 Å². The van der Waals surface area contributed by atoms with Crippen LogP contribution in [0.2, 0.25) is 6.32 Å². The SMILES string of the molecule is CCCC1=C2[C@@H](CC/C(=C/c3ccccc3O)c3ccccn3)OB(O)C[C@@H]2[C@@H]2C(=O)N(C(=O)OC)C(=O)[C@@H]2C1. The molecule has 3 heterocycles. The van der Waals surface area contributed by atoms with Gasteiger partial charge in [0.2, 0.25) is 11.8 Å². The van der Waals surface area contributed by atoms with Gasteiger partial charge in [0.15, 0.2) is 0 Å². The highest BCUT2D eigenvalue weighted by Crippen LogP contribution is 2.51. The van der Waals surface area contributed by atoms with Crippen molar-refractivity contribution in [3.63, 3.8) is 0 Å². The second kappa shape index (κ2) is 11.8. The highest BCUT2D eigenvalue weighted by atomic mass is 16.5. The number of imide groups is 3. The van der Waals surface area contributed by atoms with E-state index in [1.54, 1.807) is 18.3 Å². The van der Waals surface area contributed by atoms with E-state index in [-0.39, 0.29) is 12.1 Å². The first-order valence-electron chi connectivity index (χ1n) is 13.7. The number of amides is 3. The molecule has 2 N–H and O–H groups in total. The van der Waals surface area contributed by atoms with Gasteiger partial charge in [-0.05, 0) is 73.3 Å². The predicted molar refractivity (Wildman–Crippen MR) is 148 cm³/mol. The number of phenolic OH excluding ortho intramolecular Hbond substituents is 1. The molecule has 4 atom stereocenters. The number of ether oxygens (including phenoxy) is 1. The number of aromatic hydroxyl groups is 1. The number of carbonyl (C=O) groups is 3. The lowest BCUT2D eigenvalue weighted by molar-refractivity contribution is -0.137. The minimum absolute atomic E-state index is 0.158. The van der Waals surface area contributed by atoms with Gasteiger partial charge in [0.05, 0.1) is 30.7 Å². The largest absolute Gasteiger partial charge is 0.507 e. The molecular weight excluding hydrogens is 511 g/mol. The summed E-state index contributed by atoms with van der Waals surface area (Å²) < 4.78 is 10.8. The maximum Gasteiger partial charge on any atom is 0.455 e. The van der Waals surface area contributed by atoms with E-state index in [4.69, 9.17) is 9.39 Å². The quantitative estimate of drug-likeness (QED) is 0.297. The fourth-order valence-electron chi connectivity index (χ4n) is 6.48. The second-order valence-electron chi connectivity index (χ2n) is 10.5. The fourth-order valence-corrected chi connectivity index (χ4v) is 6.48. The van der Waals surface area contributed by atoms with Crippen molar-refractivity contribution in [2.45, 2.75) is 51.5 Å². The molecule has 1 aliphatic carbocycles. The van der Waals surface area contributed by atoms with Crippen LogP contribution in [0.3, 0.4) is 0 Å². The highest BCUT2D eigenvalue weighted by molar-refractivity contribution is 6.43. The van der Waals surface area contributed by atoms with Crippen LogP contribution >= 0.6 is 0 Å². The van der Waals surface area contributed by atoms with Crippen molar-refractivity contribution >= 4 is 36.7 Å². The molecule has 0 bridgehead atoms. The summed E-state index contributed by atoms with van der Waals surface area (Å²) in [7, 11) is 0.0311. The average molecular weight is 544 g/mol. The molecule has 2 aromatic rings.